The van der Waals surface area contributed by atoms with Crippen molar-refractivity contribution in [2.45, 2.75) is 23.8 Å². The van der Waals surface area contributed by atoms with E-state index in [-0.39, 0.29) is 33.8 Å². The minimum atomic E-state index is -1.22. The summed E-state index contributed by atoms with van der Waals surface area (Å²) in [7, 11) is 0. The summed E-state index contributed by atoms with van der Waals surface area (Å²) in [6.07, 6.45) is 1.96. The number of nitrogen functional groups attached to an aromatic ring is 1. The van der Waals surface area contributed by atoms with Gasteiger partial charge >= 0.3 is 5.97 Å². The van der Waals surface area contributed by atoms with Gasteiger partial charge in [-0.1, -0.05) is 0 Å². The second-order valence-electron chi connectivity index (χ2n) is 4.31. The van der Waals surface area contributed by atoms with Crippen LogP contribution in [0.15, 0.2) is 17.0 Å². The maximum Gasteiger partial charge on any atom is 0.337 e. The second kappa shape index (κ2) is 5.48. The van der Waals surface area contributed by atoms with Crippen LogP contribution in [0.25, 0.3) is 0 Å². The maximum atomic E-state index is 13.6. The largest absolute Gasteiger partial charge is 0.478 e. The van der Waals surface area contributed by atoms with Gasteiger partial charge < -0.3 is 16.2 Å². The number of hydrogen-bond acceptors (Lipinski definition) is 4. The Morgan fingerprint density at radius 1 is 1.47 bits per heavy atom. The monoisotopic (exact) mass is 284 g/mol. The van der Waals surface area contributed by atoms with Crippen molar-refractivity contribution >= 4 is 29.3 Å². The molecule has 1 amide bonds. The summed E-state index contributed by atoms with van der Waals surface area (Å²) in [6, 6.07) is 2.37. The number of carboxylic acids is 1. The smallest absolute Gasteiger partial charge is 0.337 e. The fourth-order valence-corrected chi connectivity index (χ4v) is 2.27. The lowest BCUT2D eigenvalue weighted by atomic mass is 10.2. The average molecular weight is 284 g/mol. The maximum absolute atomic E-state index is 13.6. The van der Waals surface area contributed by atoms with Crippen LogP contribution in [-0.4, -0.2) is 28.8 Å². The number of rotatable bonds is 5. The number of carbonyl (C=O) groups excluding carboxylic acids is 1. The zero-order chi connectivity index (χ0) is 14.0. The van der Waals surface area contributed by atoms with Crippen molar-refractivity contribution in [3.8, 4) is 0 Å². The Kier molecular flexibility index (Phi) is 3.94. The Bertz CT molecular complexity index is 532. The molecule has 0 aromatic heterocycles. The predicted molar refractivity (Wildman–Crippen MR) is 69.7 cm³/mol. The van der Waals surface area contributed by atoms with Crippen molar-refractivity contribution in [2.24, 2.45) is 0 Å². The Morgan fingerprint density at radius 3 is 2.74 bits per heavy atom. The number of halogens is 1. The number of carbonyl (C=O) groups is 2. The van der Waals surface area contributed by atoms with E-state index in [2.05, 4.69) is 5.32 Å². The fraction of sp³-hybridized carbons (Fsp3) is 0.333. The Morgan fingerprint density at radius 2 is 2.16 bits per heavy atom. The van der Waals surface area contributed by atoms with Crippen molar-refractivity contribution in [3.05, 3.63) is 23.5 Å². The summed E-state index contributed by atoms with van der Waals surface area (Å²) < 4.78 is 13.6. The molecule has 102 valence electrons. The number of aromatic carboxylic acids is 1. The Hall–Kier alpha value is -1.76. The summed E-state index contributed by atoms with van der Waals surface area (Å²) in [4.78, 5) is 22.5. The van der Waals surface area contributed by atoms with Gasteiger partial charge in [-0.25, -0.2) is 9.18 Å². The van der Waals surface area contributed by atoms with Gasteiger partial charge in [-0.2, -0.15) is 0 Å². The number of nitrogens with one attached hydrogen (secondary N) is 1. The molecule has 1 aromatic rings. The van der Waals surface area contributed by atoms with E-state index >= 15 is 0 Å². The van der Waals surface area contributed by atoms with Crippen LogP contribution in [0.1, 0.15) is 23.2 Å². The van der Waals surface area contributed by atoms with E-state index in [1.54, 1.807) is 0 Å². The number of benzene rings is 1. The molecular formula is C12H13FN2O3S. The molecule has 1 aliphatic carbocycles. The quantitative estimate of drug-likeness (QED) is 0.562. The van der Waals surface area contributed by atoms with E-state index in [0.29, 0.717) is 0 Å². The van der Waals surface area contributed by atoms with Gasteiger partial charge in [0.25, 0.3) is 0 Å². The van der Waals surface area contributed by atoms with Crippen molar-refractivity contribution in [1.29, 1.82) is 0 Å². The highest BCUT2D eigenvalue weighted by Crippen LogP contribution is 2.27. The van der Waals surface area contributed by atoms with Gasteiger partial charge in [-0.3, -0.25) is 4.79 Å². The Balaban J connectivity index is 2.04. The van der Waals surface area contributed by atoms with Gasteiger partial charge in [0.2, 0.25) is 5.91 Å². The van der Waals surface area contributed by atoms with Crippen molar-refractivity contribution < 1.29 is 19.1 Å². The van der Waals surface area contributed by atoms with E-state index < -0.39 is 11.8 Å². The summed E-state index contributed by atoms with van der Waals surface area (Å²) in [5.41, 5.74) is 5.12. The third-order valence-electron chi connectivity index (χ3n) is 2.64. The van der Waals surface area contributed by atoms with Crippen LogP contribution < -0.4 is 11.1 Å². The molecule has 0 aliphatic heterocycles. The van der Waals surface area contributed by atoms with Gasteiger partial charge in [-0.15, -0.1) is 11.8 Å². The molecule has 0 saturated heterocycles. The van der Waals surface area contributed by atoms with E-state index in [9.17, 15) is 14.0 Å². The first-order valence-electron chi connectivity index (χ1n) is 5.72. The lowest BCUT2D eigenvalue weighted by molar-refractivity contribution is -0.118. The molecule has 0 unspecified atom stereocenters. The van der Waals surface area contributed by atoms with Crippen LogP contribution in [0, 0.1) is 5.82 Å². The molecule has 19 heavy (non-hydrogen) atoms. The van der Waals surface area contributed by atoms with E-state index in [0.717, 1.165) is 36.7 Å². The van der Waals surface area contributed by atoms with Crippen LogP contribution in [0.5, 0.6) is 0 Å². The van der Waals surface area contributed by atoms with E-state index in [1.165, 1.54) is 0 Å². The number of anilines is 1. The van der Waals surface area contributed by atoms with Crippen LogP contribution >= 0.6 is 11.8 Å². The number of thioether (sulfide) groups is 1. The second-order valence-corrected chi connectivity index (χ2v) is 5.32. The standard InChI is InChI=1S/C12H13FN2O3S/c13-8-4-9(14)7(12(17)18)3-10(8)19-5-11(16)15-6-1-2-6/h3-4,6H,1-2,5,14H2,(H,15,16)(H,17,18). The van der Waals surface area contributed by atoms with Gasteiger partial charge in [0.1, 0.15) is 5.82 Å². The summed E-state index contributed by atoms with van der Waals surface area (Å²) in [5, 5.41) is 11.7. The summed E-state index contributed by atoms with van der Waals surface area (Å²) in [6.45, 7) is 0. The highest BCUT2D eigenvalue weighted by molar-refractivity contribution is 8.00. The normalized spacial score (nSPS) is 14.2. The molecule has 1 saturated carbocycles. The topological polar surface area (TPSA) is 92.4 Å². The molecule has 5 nitrogen and oxygen atoms in total. The summed E-state index contributed by atoms with van der Waals surface area (Å²) in [5.74, 6) is -1.97. The fourth-order valence-electron chi connectivity index (χ4n) is 1.50. The lowest BCUT2D eigenvalue weighted by Crippen LogP contribution is -2.27. The SMILES string of the molecule is Nc1cc(F)c(SCC(=O)NC2CC2)cc1C(=O)O. The zero-order valence-electron chi connectivity index (χ0n) is 9.98. The van der Waals surface area contributed by atoms with Gasteiger partial charge in [0, 0.05) is 16.6 Å². The molecule has 1 aliphatic rings. The lowest BCUT2D eigenvalue weighted by Gasteiger charge is -2.07. The molecule has 4 N–H and O–H groups in total. The first-order valence-corrected chi connectivity index (χ1v) is 6.70. The van der Waals surface area contributed by atoms with E-state index in [4.69, 9.17) is 10.8 Å². The third-order valence-corrected chi connectivity index (χ3v) is 3.67. The van der Waals surface area contributed by atoms with Crippen molar-refractivity contribution in [1.82, 2.24) is 5.32 Å². The van der Waals surface area contributed by atoms with Crippen LogP contribution in [0.4, 0.5) is 10.1 Å². The predicted octanol–water partition coefficient (Wildman–Crippen LogP) is 1.48. The molecule has 1 fully saturated rings. The third kappa shape index (κ3) is 3.60. The molecular weight excluding hydrogens is 271 g/mol. The van der Waals surface area contributed by atoms with Crippen LogP contribution in [-0.2, 0) is 4.79 Å². The number of amides is 1. The van der Waals surface area contributed by atoms with Crippen molar-refractivity contribution in [2.75, 3.05) is 11.5 Å². The minimum absolute atomic E-state index is 0.0520. The van der Waals surface area contributed by atoms with Crippen molar-refractivity contribution in [3.63, 3.8) is 0 Å². The highest BCUT2D eigenvalue weighted by atomic mass is 32.2. The molecule has 0 spiro atoms. The molecule has 0 heterocycles. The highest BCUT2D eigenvalue weighted by Gasteiger charge is 2.23. The summed E-state index contributed by atoms with van der Waals surface area (Å²) >= 11 is 0.959. The molecule has 7 heteroatoms. The number of hydrogen-bond donors (Lipinski definition) is 3. The molecule has 2 rings (SSSR count). The average Bonchev–Trinajstić information content (AvgIpc) is 3.11. The zero-order valence-corrected chi connectivity index (χ0v) is 10.8. The van der Waals surface area contributed by atoms with Gasteiger partial charge in [0.15, 0.2) is 0 Å². The Labute approximate surface area is 113 Å². The molecule has 0 atom stereocenters. The van der Waals surface area contributed by atoms with Gasteiger partial charge in [-0.05, 0) is 25.0 Å². The molecule has 1 aromatic carbocycles. The molecule has 0 bridgehead atoms. The van der Waals surface area contributed by atoms with Crippen LogP contribution in [0.2, 0.25) is 0 Å². The van der Waals surface area contributed by atoms with Gasteiger partial charge in [0.05, 0.1) is 11.3 Å². The first-order chi connectivity index (χ1) is 8.97. The van der Waals surface area contributed by atoms with Crippen LogP contribution in [0.3, 0.4) is 0 Å². The first kappa shape index (κ1) is 13.7. The van der Waals surface area contributed by atoms with E-state index in [1.807, 2.05) is 0 Å². The minimum Gasteiger partial charge on any atom is -0.478 e. The number of nitrogens with two attached hydrogens (primary N) is 1. The molecule has 0 radical (unpaired) electrons. The number of carboxylic acid groups (broad SMARTS) is 1.